The summed E-state index contributed by atoms with van der Waals surface area (Å²) in [4.78, 5) is 23.4. The molecule has 0 atom stereocenters. The van der Waals surface area contributed by atoms with Gasteiger partial charge in [-0.25, -0.2) is 14.6 Å². The molecular weight excluding hydrogens is 426 g/mol. The molecule has 0 radical (unpaired) electrons. The number of anilines is 1. The number of carbonyl (C=O) groups excluding carboxylic acids is 1. The van der Waals surface area contributed by atoms with Gasteiger partial charge in [-0.15, -0.1) is 0 Å². The van der Waals surface area contributed by atoms with Gasteiger partial charge >= 0.3 is 0 Å². The van der Waals surface area contributed by atoms with E-state index in [2.05, 4.69) is 21.1 Å². The summed E-state index contributed by atoms with van der Waals surface area (Å²) in [6, 6.07) is 19.0. The van der Waals surface area contributed by atoms with Crippen molar-refractivity contribution in [3.8, 4) is 23.0 Å². The van der Waals surface area contributed by atoms with Crippen molar-refractivity contribution >= 4 is 17.2 Å². The van der Waals surface area contributed by atoms with Crippen LogP contribution in [-0.4, -0.2) is 37.1 Å². The maximum absolute atomic E-state index is 13.1. The third-order valence-electron chi connectivity index (χ3n) is 5.72. The van der Waals surface area contributed by atoms with E-state index in [9.17, 15) is 4.79 Å². The minimum Gasteiger partial charge on any atom is -0.310 e. The highest BCUT2D eigenvalue weighted by Crippen LogP contribution is 2.24. The van der Waals surface area contributed by atoms with E-state index in [1.54, 1.807) is 49.9 Å². The normalized spacial score (nSPS) is 10.9. The minimum atomic E-state index is -0.258. The predicted octanol–water partition coefficient (Wildman–Crippen LogP) is 4.35. The van der Waals surface area contributed by atoms with E-state index in [1.165, 1.54) is 4.90 Å². The van der Waals surface area contributed by atoms with Crippen LogP contribution in [0.4, 0.5) is 5.69 Å². The van der Waals surface area contributed by atoms with Crippen LogP contribution in [0.15, 0.2) is 73.2 Å². The van der Waals surface area contributed by atoms with E-state index < -0.39 is 0 Å². The van der Waals surface area contributed by atoms with Gasteiger partial charge in [0.2, 0.25) is 0 Å². The van der Waals surface area contributed by atoms with Crippen LogP contribution in [0, 0.1) is 25.2 Å². The van der Waals surface area contributed by atoms with Crippen LogP contribution >= 0.6 is 0 Å². The van der Waals surface area contributed by atoms with Crippen molar-refractivity contribution in [2.45, 2.75) is 13.8 Å². The topological polar surface area (TPSA) is 92.1 Å². The fourth-order valence-corrected chi connectivity index (χ4v) is 3.93. The maximum Gasteiger partial charge on any atom is 0.278 e. The molecule has 1 amide bonds. The van der Waals surface area contributed by atoms with Crippen molar-refractivity contribution in [3.05, 3.63) is 95.8 Å². The van der Waals surface area contributed by atoms with Crippen molar-refractivity contribution in [1.82, 2.24) is 24.1 Å². The fraction of sp³-hybridized carbons (Fsp3) is 0.115. The maximum atomic E-state index is 13.1. The van der Waals surface area contributed by atoms with Crippen LogP contribution in [0.1, 0.15) is 27.4 Å². The average Bonchev–Trinajstić information content (AvgIpc) is 3.45. The van der Waals surface area contributed by atoms with Crippen molar-refractivity contribution in [3.63, 3.8) is 0 Å². The molecule has 0 N–H and O–H groups in total. The van der Waals surface area contributed by atoms with E-state index in [0.29, 0.717) is 16.9 Å². The van der Waals surface area contributed by atoms with Crippen LogP contribution in [0.3, 0.4) is 0 Å². The number of rotatable bonds is 4. The first kappa shape index (κ1) is 21.1. The molecule has 3 aromatic heterocycles. The van der Waals surface area contributed by atoms with E-state index >= 15 is 0 Å². The molecule has 166 valence electrons. The van der Waals surface area contributed by atoms with E-state index in [1.807, 2.05) is 53.3 Å². The summed E-state index contributed by atoms with van der Waals surface area (Å²) in [5.74, 6) is -0.258. The molecule has 0 aliphatic heterocycles. The summed E-state index contributed by atoms with van der Waals surface area (Å²) in [6.07, 6.45) is 5.07. The number of hydrogen-bond acceptors (Lipinski definition) is 5. The van der Waals surface area contributed by atoms with Crippen molar-refractivity contribution in [2.24, 2.45) is 0 Å². The molecule has 2 aromatic carbocycles. The Bertz CT molecular complexity index is 1550. The number of nitrogens with zero attached hydrogens (tertiary/aromatic N) is 7. The highest BCUT2D eigenvalue weighted by molar-refractivity contribution is 6.04. The van der Waals surface area contributed by atoms with Gasteiger partial charge in [0.05, 0.1) is 41.1 Å². The standard InChI is InChI=1S/C26H21N7O/c1-17-12-18(2)33(30-17)22-10-6-20(7-11-22)24-14-29-25-15-28-23(16-32(24)25)26(34)31(3)21-8-4-19(13-27)5-9-21/h4-12,14-16H,1-3H3. The number of imidazole rings is 1. The Morgan fingerprint density at radius 3 is 2.38 bits per heavy atom. The van der Waals surface area contributed by atoms with Crippen LogP contribution < -0.4 is 4.90 Å². The number of fused-ring (bicyclic) bond motifs is 1. The quantitative estimate of drug-likeness (QED) is 0.408. The lowest BCUT2D eigenvalue weighted by Gasteiger charge is -2.17. The summed E-state index contributed by atoms with van der Waals surface area (Å²) < 4.78 is 3.78. The molecule has 0 saturated heterocycles. The molecule has 0 aliphatic rings. The molecular formula is C26H21N7O. The number of aromatic nitrogens is 5. The smallest absolute Gasteiger partial charge is 0.278 e. The number of amides is 1. The van der Waals surface area contributed by atoms with Gasteiger partial charge in [0.25, 0.3) is 5.91 Å². The lowest BCUT2D eigenvalue weighted by atomic mass is 10.1. The minimum absolute atomic E-state index is 0.258. The molecule has 5 rings (SSSR count). The van der Waals surface area contributed by atoms with Crippen molar-refractivity contribution in [1.29, 1.82) is 5.26 Å². The second kappa shape index (κ2) is 8.30. The van der Waals surface area contributed by atoms with Gasteiger partial charge in [0, 0.05) is 30.2 Å². The van der Waals surface area contributed by atoms with Crippen LogP contribution in [0.2, 0.25) is 0 Å². The van der Waals surface area contributed by atoms with Crippen LogP contribution in [0.25, 0.3) is 22.6 Å². The second-order valence-corrected chi connectivity index (χ2v) is 8.05. The molecule has 0 spiro atoms. The number of benzene rings is 2. The van der Waals surface area contributed by atoms with Gasteiger partial charge in [-0.05, 0) is 56.3 Å². The SMILES string of the molecule is Cc1cc(C)n(-c2ccc(-c3cnc4cnc(C(=O)N(C)c5ccc(C#N)cc5)cn34)cc2)n1. The number of nitriles is 1. The molecule has 8 heteroatoms. The lowest BCUT2D eigenvalue weighted by Crippen LogP contribution is -2.27. The molecule has 0 saturated carbocycles. The Balaban J connectivity index is 1.46. The Kier molecular flexibility index (Phi) is 5.15. The van der Waals surface area contributed by atoms with Crippen LogP contribution in [-0.2, 0) is 0 Å². The van der Waals surface area contributed by atoms with E-state index in [-0.39, 0.29) is 11.6 Å². The third-order valence-corrected chi connectivity index (χ3v) is 5.72. The van der Waals surface area contributed by atoms with Gasteiger partial charge in [-0.1, -0.05) is 12.1 Å². The van der Waals surface area contributed by atoms with Gasteiger partial charge in [-0.2, -0.15) is 10.4 Å². The molecule has 8 nitrogen and oxygen atoms in total. The number of aryl methyl sites for hydroxylation is 2. The summed E-state index contributed by atoms with van der Waals surface area (Å²) in [7, 11) is 1.68. The van der Waals surface area contributed by atoms with Gasteiger partial charge in [0.1, 0.15) is 5.69 Å². The van der Waals surface area contributed by atoms with Crippen molar-refractivity contribution in [2.75, 3.05) is 11.9 Å². The molecule has 5 aromatic rings. The Morgan fingerprint density at radius 1 is 1.00 bits per heavy atom. The monoisotopic (exact) mass is 447 g/mol. The summed E-state index contributed by atoms with van der Waals surface area (Å²) >= 11 is 0. The van der Waals surface area contributed by atoms with Crippen molar-refractivity contribution < 1.29 is 4.79 Å². The Hall–Kier alpha value is -4.77. The fourth-order valence-electron chi connectivity index (χ4n) is 3.93. The molecule has 3 heterocycles. The second-order valence-electron chi connectivity index (χ2n) is 8.05. The highest BCUT2D eigenvalue weighted by atomic mass is 16.2. The van der Waals surface area contributed by atoms with Gasteiger partial charge in [-0.3, -0.25) is 9.20 Å². The van der Waals surface area contributed by atoms with E-state index in [0.717, 1.165) is 28.3 Å². The summed E-state index contributed by atoms with van der Waals surface area (Å²) in [6.45, 7) is 4.00. The number of carbonyl (C=O) groups is 1. The summed E-state index contributed by atoms with van der Waals surface area (Å²) in [5.41, 5.74) is 6.99. The molecule has 0 bridgehead atoms. The molecule has 0 fully saturated rings. The first-order valence-electron chi connectivity index (χ1n) is 10.7. The van der Waals surface area contributed by atoms with E-state index in [4.69, 9.17) is 5.26 Å². The summed E-state index contributed by atoms with van der Waals surface area (Å²) in [5, 5.41) is 13.5. The lowest BCUT2D eigenvalue weighted by molar-refractivity contribution is 0.0988. The zero-order chi connectivity index (χ0) is 23.8. The predicted molar refractivity (Wildman–Crippen MR) is 129 cm³/mol. The van der Waals surface area contributed by atoms with Crippen LogP contribution in [0.5, 0.6) is 0 Å². The van der Waals surface area contributed by atoms with Gasteiger partial charge in [0.15, 0.2) is 5.65 Å². The molecule has 0 unspecified atom stereocenters. The largest absolute Gasteiger partial charge is 0.310 e. The average molecular weight is 448 g/mol. The third kappa shape index (κ3) is 3.69. The zero-order valence-corrected chi connectivity index (χ0v) is 19.0. The van der Waals surface area contributed by atoms with Gasteiger partial charge < -0.3 is 4.90 Å². The molecule has 34 heavy (non-hydrogen) atoms. The first-order valence-corrected chi connectivity index (χ1v) is 10.7. The first-order chi connectivity index (χ1) is 16.4. The highest BCUT2D eigenvalue weighted by Gasteiger charge is 2.17. The Morgan fingerprint density at radius 2 is 1.74 bits per heavy atom. The molecule has 0 aliphatic carbocycles. The Labute approximate surface area is 196 Å². The number of hydrogen-bond donors (Lipinski definition) is 0. The zero-order valence-electron chi connectivity index (χ0n) is 19.0.